The lowest BCUT2D eigenvalue weighted by molar-refractivity contribution is -0.121. The third-order valence-electron chi connectivity index (χ3n) is 3.30. The van der Waals surface area contributed by atoms with Gasteiger partial charge < -0.3 is 10.2 Å². The molecule has 3 nitrogen and oxygen atoms in total. The fourth-order valence-corrected chi connectivity index (χ4v) is 2.01. The molecule has 1 heterocycles. The van der Waals surface area contributed by atoms with E-state index >= 15 is 0 Å². The number of rotatable bonds is 4. The quantitative estimate of drug-likeness (QED) is 0.733. The summed E-state index contributed by atoms with van der Waals surface area (Å²) >= 11 is 4.31. The molecule has 16 heavy (non-hydrogen) atoms. The minimum absolute atomic E-state index is 0.0808. The third-order valence-corrected chi connectivity index (χ3v) is 4.13. The Balaban J connectivity index is 2.22. The lowest BCUT2D eigenvalue weighted by Gasteiger charge is -2.29. The van der Waals surface area contributed by atoms with Crippen molar-refractivity contribution in [1.82, 2.24) is 10.2 Å². The summed E-state index contributed by atoms with van der Waals surface area (Å²) in [6.45, 7) is 7.15. The molecule has 1 amide bonds. The maximum Gasteiger partial charge on any atom is 0.233 e. The molecule has 1 aliphatic rings. The number of piperidine rings is 1. The number of hydrogen-bond donors (Lipinski definition) is 2. The molecule has 0 saturated carbocycles. The Bertz CT molecular complexity index is 225. The second-order valence-electron chi connectivity index (χ2n) is 5.18. The fraction of sp³-hybridized carbons (Fsp3) is 0.917. The number of amides is 1. The van der Waals surface area contributed by atoms with Crippen LogP contribution in [-0.2, 0) is 4.79 Å². The Morgan fingerprint density at radius 3 is 2.50 bits per heavy atom. The summed E-state index contributed by atoms with van der Waals surface area (Å²) in [5.74, 6) is 1.02. The van der Waals surface area contributed by atoms with Crippen molar-refractivity contribution in [3.63, 3.8) is 0 Å². The molecule has 1 atom stereocenters. The molecule has 1 N–H and O–H groups in total. The highest BCUT2D eigenvalue weighted by atomic mass is 32.1. The molecule has 0 bridgehead atoms. The van der Waals surface area contributed by atoms with E-state index in [1.165, 1.54) is 12.8 Å². The standard InChI is InChI=1S/C12H24N2OS/c1-9(2)11(16)12(15)13-8-10-4-6-14(3)7-5-10/h9-11,16H,4-8H2,1-3H3,(H,13,15). The van der Waals surface area contributed by atoms with Crippen molar-refractivity contribution in [2.75, 3.05) is 26.7 Å². The van der Waals surface area contributed by atoms with Crippen molar-refractivity contribution in [3.05, 3.63) is 0 Å². The van der Waals surface area contributed by atoms with Gasteiger partial charge in [0.05, 0.1) is 5.25 Å². The monoisotopic (exact) mass is 244 g/mol. The van der Waals surface area contributed by atoms with Crippen LogP contribution in [0.1, 0.15) is 26.7 Å². The van der Waals surface area contributed by atoms with E-state index in [1.807, 2.05) is 13.8 Å². The van der Waals surface area contributed by atoms with Crippen LogP contribution in [-0.4, -0.2) is 42.7 Å². The van der Waals surface area contributed by atoms with Crippen LogP contribution in [0.15, 0.2) is 0 Å². The topological polar surface area (TPSA) is 32.3 Å². The maximum absolute atomic E-state index is 11.7. The second-order valence-corrected chi connectivity index (χ2v) is 5.74. The molecule has 0 aromatic carbocycles. The van der Waals surface area contributed by atoms with Crippen molar-refractivity contribution in [2.24, 2.45) is 11.8 Å². The molecule has 0 aliphatic carbocycles. The molecular formula is C12H24N2OS. The predicted molar refractivity (Wildman–Crippen MR) is 70.8 cm³/mol. The van der Waals surface area contributed by atoms with Crippen molar-refractivity contribution in [2.45, 2.75) is 31.9 Å². The average Bonchev–Trinajstić information content (AvgIpc) is 2.26. The number of thiol groups is 1. The van der Waals surface area contributed by atoms with Crippen LogP contribution in [0.5, 0.6) is 0 Å². The minimum atomic E-state index is -0.175. The van der Waals surface area contributed by atoms with E-state index < -0.39 is 0 Å². The summed E-state index contributed by atoms with van der Waals surface area (Å²) in [6.07, 6.45) is 2.38. The number of carbonyl (C=O) groups excluding carboxylic acids is 1. The number of nitrogens with zero attached hydrogens (tertiary/aromatic N) is 1. The zero-order chi connectivity index (χ0) is 12.1. The van der Waals surface area contributed by atoms with Crippen molar-refractivity contribution in [3.8, 4) is 0 Å². The van der Waals surface area contributed by atoms with Gasteiger partial charge in [0.15, 0.2) is 0 Å². The fourth-order valence-electron chi connectivity index (χ4n) is 1.92. The summed E-state index contributed by atoms with van der Waals surface area (Å²) in [5.41, 5.74) is 0. The molecule has 1 rings (SSSR count). The van der Waals surface area contributed by atoms with E-state index in [0.29, 0.717) is 11.8 Å². The first kappa shape index (κ1) is 13.8. The highest BCUT2D eigenvalue weighted by Gasteiger charge is 2.20. The van der Waals surface area contributed by atoms with Gasteiger partial charge in [-0.05, 0) is 44.8 Å². The van der Waals surface area contributed by atoms with Crippen LogP contribution in [0.2, 0.25) is 0 Å². The first-order valence-electron chi connectivity index (χ1n) is 6.15. The number of hydrogen-bond acceptors (Lipinski definition) is 3. The Kier molecular flexibility index (Phi) is 5.62. The minimum Gasteiger partial charge on any atom is -0.355 e. The lowest BCUT2D eigenvalue weighted by atomic mass is 9.97. The molecule has 0 aromatic rings. The van der Waals surface area contributed by atoms with E-state index in [9.17, 15) is 4.79 Å². The molecular weight excluding hydrogens is 220 g/mol. The molecule has 0 spiro atoms. The Morgan fingerprint density at radius 1 is 1.44 bits per heavy atom. The summed E-state index contributed by atoms with van der Waals surface area (Å²) in [5, 5.41) is 2.84. The first-order chi connectivity index (χ1) is 7.50. The molecule has 1 aliphatic heterocycles. The number of nitrogens with one attached hydrogen (secondary N) is 1. The SMILES string of the molecule is CC(C)C(S)C(=O)NCC1CCN(C)CC1. The second kappa shape index (κ2) is 6.50. The average molecular weight is 244 g/mol. The van der Waals surface area contributed by atoms with E-state index in [0.717, 1.165) is 19.6 Å². The summed E-state index contributed by atoms with van der Waals surface area (Å²) in [4.78, 5) is 14.0. The van der Waals surface area contributed by atoms with Gasteiger partial charge in [-0.25, -0.2) is 0 Å². The lowest BCUT2D eigenvalue weighted by Crippen LogP contribution is -2.40. The van der Waals surface area contributed by atoms with Crippen molar-refractivity contribution < 1.29 is 4.79 Å². The van der Waals surface area contributed by atoms with Gasteiger partial charge in [0.1, 0.15) is 0 Å². The number of likely N-dealkylation sites (tertiary alicyclic amines) is 1. The summed E-state index contributed by atoms with van der Waals surface area (Å²) in [6, 6.07) is 0. The van der Waals surface area contributed by atoms with Crippen LogP contribution in [0.25, 0.3) is 0 Å². The zero-order valence-electron chi connectivity index (χ0n) is 10.6. The van der Waals surface area contributed by atoms with Gasteiger partial charge in [-0.1, -0.05) is 13.8 Å². The van der Waals surface area contributed by atoms with Gasteiger partial charge in [0.25, 0.3) is 0 Å². The molecule has 0 radical (unpaired) electrons. The molecule has 1 saturated heterocycles. The first-order valence-corrected chi connectivity index (χ1v) is 6.66. The predicted octanol–water partition coefficient (Wildman–Crippen LogP) is 1.40. The van der Waals surface area contributed by atoms with Gasteiger partial charge in [-0.3, -0.25) is 4.79 Å². The van der Waals surface area contributed by atoms with Gasteiger partial charge >= 0.3 is 0 Å². The van der Waals surface area contributed by atoms with Crippen LogP contribution < -0.4 is 5.32 Å². The molecule has 0 aromatic heterocycles. The largest absolute Gasteiger partial charge is 0.355 e. The highest BCUT2D eigenvalue weighted by Crippen LogP contribution is 2.15. The van der Waals surface area contributed by atoms with Crippen molar-refractivity contribution in [1.29, 1.82) is 0 Å². The molecule has 4 heteroatoms. The molecule has 1 unspecified atom stereocenters. The van der Waals surface area contributed by atoms with Gasteiger partial charge in [-0.15, -0.1) is 0 Å². The molecule has 1 fully saturated rings. The van der Waals surface area contributed by atoms with E-state index in [1.54, 1.807) is 0 Å². The third kappa shape index (κ3) is 4.34. The maximum atomic E-state index is 11.7. The molecule has 94 valence electrons. The number of carbonyl (C=O) groups is 1. The van der Waals surface area contributed by atoms with Crippen LogP contribution in [0.3, 0.4) is 0 Å². The van der Waals surface area contributed by atoms with Crippen LogP contribution in [0, 0.1) is 11.8 Å². The summed E-state index contributed by atoms with van der Waals surface area (Å²) in [7, 11) is 2.15. The smallest absolute Gasteiger partial charge is 0.233 e. The van der Waals surface area contributed by atoms with E-state index in [2.05, 4.69) is 29.9 Å². The Hall–Kier alpha value is -0.220. The van der Waals surface area contributed by atoms with Gasteiger partial charge in [0, 0.05) is 6.54 Å². The zero-order valence-corrected chi connectivity index (χ0v) is 11.5. The van der Waals surface area contributed by atoms with Crippen molar-refractivity contribution >= 4 is 18.5 Å². The van der Waals surface area contributed by atoms with E-state index in [4.69, 9.17) is 0 Å². The highest BCUT2D eigenvalue weighted by molar-refractivity contribution is 7.81. The van der Waals surface area contributed by atoms with E-state index in [-0.39, 0.29) is 11.2 Å². The Morgan fingerprint density at radius 2 is 2.00 bits per heavy atom. The van der Waals surface area contributed by atoms with Crippen LogP contribution in [0.4, 0.5) is 0 Å². The van der Waals surface area contributed by atoms with Gasteiger partial charge in [0.2, 0.25) is 5.91 Å². The normalized spacial score (nSPS) is 21.1. The summed E-state index contributed by atoms with van der Waals surface area (Å²) < 4.78 is 0. The van der Waals surface area contributed by atoms with Crippen LogP contribution >= 0.6 is 12.6 Å². The Labute approximate surface area is 104 Å². The van der Waals surface area contributed by atoms with Gasteiger partial charge in [-0.2, -0.15) is 12.6 Å².